The second-order valence-corrected chi connectivity index (χ2v) is 6.09. The van der Waals surface area contributed by atoms with E-state index in [1.807, 2.05) is 0 Å². The molecule has 2 heterocycles. The molecule has 0 aromatic carbocycles. The molecule has 1 N–H and O–H groups in total. The summed E-state index contributed by atoms with van der Waals surface area (Å²) in [6, 6.07) is 1.44. The summed E-state index contributed by atoms with van der Waals surface area (Å²) in [6.45, 7) is 5.82. The SMILES string of the molecule is CC1CC(N2CCC(CCC(=O)O)CC2)CN1C. The topological polar surface area (TPSA) is 43.8 Å². The third-order valence-electron chi connectivity index (χ3n) is 4.80. The molecule has 0 bridgehead atoms. The number of hydrogen-bond acceptors (Lipinski definition) is 3. The van der Waals surface area contributed by atoms with Gasteiger partial charge in [0.25, 0.3) is 0 Å². The van der Waals surface area contributed by atoms with E-state index in [0.29, 0.717) is 18.4 Å². The molecule has 2 rings (SSSR count). The Morgan fingerprint density at radius 1 is 1.33 bits per heavy atom. The Morgan fingerprint density at radius 3 is 2.50 bits per heavy atom. The number of likely N-dealkylation sites (tertiary alicyclic amines) is 2. The van der Waals surface area contributed by atoms with Gasteiger partial charge in [0.05, 0.1) is 0 Å². The van der Waals surface area contributed by atoms with Gasteiger partial charge in [-0.05, 0) is 58.7 Å². The number of piperidine rings is 1. The number of nitrogens with zero attached hydrogens (tertiary/aromatic N) is 2. The molecule has 0 saturated carbocycles. The minimum Gasteiger partial charge on any atom is -0.481 e. The molecule has 0 aromatic heterocycles. The van der Waals surface area contributed by atoms with E-state index >= 15 is 0 Å². The maximum Gasteiger partial charge on any atom is 0.303 e. The zero-order valence-electron chi connectivity index (χ0n) is 11.6. The smallest absolute Gasteiger partial charge is 0.303 e. The lowest BCUT2D eigenvalue weighted by Gasteiger charge is -2.35. The first-order valence-corrected chi connectivity index (χ1v) is 7.22. The Morgan fingerprint density at radius 2 is 2.00 bits per heavy atom. The van der Waals surface area contributed by atoms with E-state index in [1.54, 1.807) is 0 Å². The molecule has 104 valence electrons. The van der Waals surface area contributed by atoms with Crippen LogP contribution in [0.2, 0.25) is 0 Å². The van der Waals surface area contributed by atoms with Crippen molar-refractivity contribution < 1.29 is 9.90 Å². The highest BCUT2D eigenvalue weighted by Gasteiger charge is 2.32. The predicted molar refractivity (Wildman–Crippen MR) is 71.7 cm³/mol. The molecule has 2 saturated heterocycles. The number of carbonyl (C=O) groups is 1. The van der Waals surface area contributed by atoms with E-state index in [-0.39, 0.29) is 0 Å². The highest BCUT2D eigenvalue weighted by atomic mass is 16.4. The van der Waals surface area contributed by atoms with Crippen LogP contribution in [-0.2, 0) is 4.79 Å². The molecule has 0 aromatic rings. The lowest BCUT2D eigenvalue weighted by molar-refractivity contribution is -0.137. The molecule has 2 unspecified atom stereocenters. The van der Waals surface area contributed by atoms with Crippen LogP contribution in [0.3, 0.4) is 0 Å². The minimum absolute atomic E-state index is 0.341. The van der Waals surface area contributed by atoms with Gasteiger partial charge in [0.1, 0.15) is 0 Å². The fourth-order valence-corrected chi connectivity index (χ4v) is 3.36. The summed E-state index contributed by atoms with van der Waals surface area (Å²) < 4.78 is 0. The summed E-state index contributed by atoms with van der Waals surface area (Å²) in [5.41, 5.74) is 0. The number of rotatable bonds is 4. The van der Waals surface area contributed by atoms with Gasteiger partial charge in [-0.3, -0.25) is 9.69 Å². The Bertz CT molecular complexity index is 278. The van der Waals surface area contributed by atoms with Crippen molar-refractivity contribution in [3.05, 3.63) is 0 Å². The van der Waals surface area contributed by atoms with Gasteiger partial charge in [0, 0.05) is 25.0 Å². The molecular weight excluding hydrogens is 228 g/mol. The van der Waals surface area contributed by atoms with Gasteiger partial charge in [0.2, 0.25) is 0 Å². The number of likely N-dealkylation sites (N-methyl/N-ethyl adjacent to an activating group) is 1. The van der Waals surface area contributed by atoms with Crippen LogP contribution in [0.5, 0.6) is 0 Å². The zero-order valence-corrected chi connectivity index (χ0v) is 11.6. The van der Waals surface area contributed by atoms with Crippen LogP contribution in [0.4, 0.5) is 0 Å². The van der Waals surface area contributed by atoms with E-state index in [2.05, 4.69) is 23.8 Å². The van der Waals surface area contributed by atoms with Crippen molar-refractivity contribution in [2.45, 2.75) is 51.1 Å². The van der Waals surface area contributed by atoms with Gasteiger partial charge in [-0.2, -0.15) is 0 Å². The largest absolute Gasteiger partial charge is 0.481 e. The van der Waals surface area contributed by atoms with Crippen LogP contribution in [0, 0.1) is 5.92 Å². The average molecular weight is 254 g/mol. The van der Waals surface area contributed by atoms with E-state index in [0.717, 1.165) is 25.6 Å². The lowest BCUT2D eigenvalue weighted by atomic mass is 9.91. The Hall–Kier alpha value is -0.610. The van der Waals surface area contributed by atoms with Crippen LogP contribution >= 0.6 is 0 Å². The Kier molecular flexibility index (Phi) is 4.62. The Labute approximate surface area is 110 Å². The second-order valence-electron chi connectivity index (χ2n) is 6.09. The second kappa shape index (κ2) is 6.02. The fourth-order valence-electron chi connectivity index (χ4n) is 3.36. The van der Waals surface area contributed by atoms with Gasteiger partial charge < -0.3 is 10.0 Å². The van der Waals surface area contributed by atoms with Crippen molar-refractivity contribution in [3.63, 3.8) is 0 Å². The highest BCUT2D eigenvalue weighted by Crippen LogP contribution is 2.27. The predicted octanol–water partition coefficient (Wildman–Crippen LogP) is 1.66. The number of carboxylic acids is 1. The molecule has 4 heteroatoms. The summed E-state index contributed by atoms with van der Waals surface area (Å²) in [6.07, 6.45) is 4.86. The molecule has 0 aliphatic carbocycles. The van der Waals surface area contributed by atoms with Crippen molar-refractivity contribution >= 4 is 5.97 Å². The lowest BCUT2D eigenvalue weighted by Crippen LogP contribution is -2.42. The summed E-state index contributed by atoms with van der Waals surface area (Å²) in [5, 5.41) is 8.71. The van der Waals surface area contributed by atoms with Gasteiger partial charge in [-0.1, -0.05) is 0 Å². The zero-order chi connectivity index (χ0) is 13.1. The van der Waals surface area contributed by atoms with Crippen molar-refractivity contribution in [1.29, 1.82) is 0 Å². The average Bonchev–Trinajstić information content (AvgIpc) is 2.68. The first kappa shape index (κ1) is 13.8. The van der Waals surface area contributed by atoms with Crippen LogP contribution < -0.4 is 0 Å². The molecular formula is C14H26N2O2. The Balaban J connectivity index is 1.72. The molecule has 2 fully saturated rings. The molecule has 2 aliphatic rings. The monoisotopic (exact) mass is 254 g/mol. The molecule has 4 nitrogen and oxygen atoms in total. The third-order valence-corrected chi connectivity index (χ3v) is 4.80. The van der Waals surface area contributed by atoms with E-state index in [9.17, 15) is 4.79 Å². The summed E-state index contributed by atoms with van der Waals surface area (Å²) >= 11 is 0. The van der Waals surface area contributed by atoms with Gasteiger partial charge >= 0.3 is 5.97 Å². The maximum atomic E-state index is 10.6. The molecule has 2 atom stereocenters. The number of aliphatic carboxylic acids is 1. The van der Waals surface area contributed by atoms with Crippen molar-refractivity contribution in [2.75, 3.05) is 26.7 Å². The molecule has 0 spiro atoms. The van der Waals surface area contributed by atoms with E-state index < -0.39 is 5.97 Å². The minimum atomic E-state index is -0.649. The standard InChI is InChI=1S/C14H26N2O2/c1-11-9-13(10-15(11)2)16-7-5-12(6-8-16)3-4-14(17)18/h11-13H,3-10H2,1-2H3,(H,17,18). The summed E-state index contributed by atoms with van der Waals surface area (Å²) in [4.78, 5) is 15.6. The quantitative estimate of drug-likeness (QED) is 0.828. The van der Waals surface area contributed by atoms with Crippen LogP contribution in [-0.4, -0.2) is 59.6 Å². The van der Waals surface area contributed by atoms with Crippen LogP contribution in [0.25, 0.3) is 0 Å². The number of carboxylic acid groups (broad SMARTS) is 1. The first-order chi connectivity index (χ1) is 8.56. The van der Waals surface area contributed by atoms with E-state index in [4.69, 9.17) is 5.11 Å². The molecule has 18 heavy (non-hydrogen) atoms. The van der Waals surface area contributed by atoms with E-state index in [1.165, 1.54) is 25.8 Å². The number of hydrogen-bond donors (Lipinski definition) is 1. The van der Waals surface area contributed by atoms with Crippen molar-refractivity contribution in [1.82, 2.24) is 9.80 Å². The van der Waals surface area contributed by atoms with Crippen molar-refractivity contribution in [3.8, 4) is 0 Å². The molecule has 2 aliphatic heterocycles. The van der Waals surface area contributed by atoms with Crippen LogP contribution in [0.1, 0.15) is 39.0 Å². The van der Waals surface area contributed by atoms with Crippen LogP contribution in [0.15, 0.2) is 0 Å². The first-order valence-electron chi connectivity index (χ1n) is 7.22. The summed E-state index contributed by atoms with van der Waals surface area (Å²) in [5.74, 6) is -0.0161. The van der Waals surface area contributed by atoms with Crippen molar-refractivity contribution in [2.24, 2.45) is 5.92 Å². The van der Waals surface area contributed by atoms with Gasteiger partial charge in [0.15, 0.2) is 0 Å². The fraction of sp³-hybridized carbons (Fsp3) is 0.929. The molecule has 0 radical (unpaired) electrons. The normalized spacial score (nSPS) is 31.9. The summed E-state index contributed by atoms with van der Waals surface area (Å²) in [7, 11) is 2.21. The maximum absolute atomic E-state index is 10.6. The molecule has 0 amide bonds. The van der Waals surface area contributed by atoms with Gasteiger partial charge in [-0.15, -0.1) is 0 Å². The van der Waals surface area contributed by atoms with Gasteiger partial charge in [-0.25, -0.2) is 0 Å². The third kappa shape index (κ3) is 3.45. The highest BCUT2D eigenvalue weighted by molar-refractivity contribution is 5.66.